The molecule has 0 aliphatic carbocycles. The van der Waals surface area contributed by atoms with Crippen molar-refractivity contribution in [2.45, 2.75) is 6.04 Å². The van der Waals surface area contributed by atoms with E-state index in [-0.39, 0.29) is 5.02 Å². The Morgan fingerprint density at radius 2 is 2.40 bits per heavy atom. The summed E-state index contributed by atoms with van der Waals surface area (Å²) in [5, 5.41) is 11.8. The van der Waals surface area contributed by atoms with Gasteiger partial charge in [-0.15, -0.1) is 6.58 Å². The van der Waals surface area contributed by atoms with Crippen LogP contribution >= 0.6 is 11.6 Å². The first-order valence-electron chi connectivity index (χ1n) is 4.38. The smallest absolute Gasteiger partial charge is 0.142 e. The van der Waals surface area contributed by atoms with Crippen molar-refractivity contribution in [2.24, 2.45) is 0 Å². The molecule has 0 amide bonds. The van der Waals surface area contributed by atoms with Gasteiger partial charge in [0.2, 0.25) is 0 Å². The lowest BCUT2D eigenvalue weighted by Crippen LogP contribution is -2.19. The summed E-state index contributed by atoms with van der Waals surface area (Å²) in [6, 6.07) is 5.80. The molecule has 0 aliphatic rings. The second kappa shape index (κ2) is 5.50. The second-order valence-corrected chi connectivity index (χ2v) is 3.34. The van der Waals surface area contributed by atoms with Crippen molar-refractivity contribution in [3.05, 3.63) is 47.3 Å². The number of hydrogen-bond acceptors (Lipinski definition) is 2. The molecule has 0 saturated carbocycles. The van der Waals surface area contributed by atoms with Crippen LogP contribution in [0.15, 0.2) is 30.9 Å². The highest BCUT2D eigenvalue weighted by Gasteiger charge is 2.10. The predicted octanol–water partition coefficient (Wildman–Crippen LogP) is 2.82. The minimum atomic E-state index is -0.547. The average molecular weight is 225 g/mol. The summed E-state index contributed by atoms with van der Waals surface area (Å²) in [6.45, 7) is 4.01. The fraction of sp³-hybridized carbons (Fsp3) is 0.182. The van der Waals surface area contributed by atoms with Gasteiger partial charge in [-0.2, -0.15) is 5.26 Å². The van der Waals surface area contributed by atoms with E-state index < -0.39 is 11.9 Å². The number of benzene rings is 1. The van der Waals surface area contributed by atoms with E-state index in [0.717, 1.165) is 0 Å². The Labute approximate surface area is 93.0 Å². The van der Waals surface area contributed by atoms with Crippen molar-refractivity contribution in [1.82, 2.24) is 5.32 Å². The summed E-state index contributed by atoms with van der Waals surface area (Å²) in [5.41, 5.74) is 0.557. The predicted molar refractivity (Wildman–Crippen MR) is 58.0 cm³/mol. The monoisotopic (exact) mass is 224 g/mol. The summed E-state index contributed by atoms with van der Waals surface area (Å²) in [6.07, 6.45) is 1.64. The molecule has 0 fully saturated rings. The molecular formula is C11H10ClFN2. The topological polar surface area (TPSA) is 35.8 Å². The van der Waals surface area contributed by atoms with Crippen LogP contribution in [0.4, 0.5) is 4.39 Å². The number of hydrogen-bond donors (Lipinski definition) is 1. The lowest BCUT2D eigenvalue weighted by molar-refractivity contribution is 0.617. The van der Waals surface area contributed by atoms with E-state index in [1.165, 1.54) is 12.1 Å². The van der Waals surface area contributed by atoms with Crippen LogP contribution in [-0.4, -0.2) is 6.54 Å². The molecule has 1 unspecified atom stereocenters. The van der Waals surface area contributed by atoms with Crippen LogP contribution in [0.5, 0.6) is 0 Å². The number of halogens is 2. The minimum Gasteiger partial charge on any atom is -0.295 e. The average Bonchev–Trinajstić information content (AvgIpc) is 2.24. The van der Waals surface area contributed by atoms with Crippen LogP contribution in [-0.2, 0) is 0 Å². The quantitative estimate of drug-likeness (QED) is 0.799. The Kier molecular flexibility index (Phi) is 4.29. The molecule has 1 atom stereocenters. The molecule has 1 rings (SSSR count). The van der Waals surface area contributed by atoms with Crippen LogP contribution in [0.25, 0.3) is 0 Å². The Hall–Kier alpha value is -1.37. The maximum atomic E-state index is 13.1. The molecule has 1 N–H and O–H groups in total. The summed E-state index contributed by atoms with van der Waals surface area (Å²) in [4.78, 5) is 0. The summed E-state index contributed by atoms with van der Waals surface area (Å²) < 4.78 is 13.1. The van der Waals surface area contributed by atoms with Gasteiger partial charge in [-0.3, -0.25) is 5.32 Å². The van der Waals surface area contributed by atoms with E-state index in [9.17, 15) is 4.39 Å². The highest BCUT2D eigenvalue weighted by molar-refractivity contribution is 6.30. The van der Waals surface area contributed by atoms with Crippen molar-refractivity contribution in [3.63, 3.8) is 0 Å². The Balaban J connectivity index is 2.88. The number of nitrogens with zero attached hydrogens (tertiary/aromatic N) is 1. The Morgan fingerprint density at radius 3 is 2.93 bits per heavy atom. The SMILES string of the molecule is C=CCNC(C#N)c1ccc(Cl)c(F)c1. The van der Waals surface area contributed by atoms with Gasteiger partial charge in [-0.25, -0.2) is 4.39 Å². The standard InChI is InChI=1S/C11H10ClFN2/c1-2-5-15-11(7-14)8-3-4-9(12)10(13)6-8/h2-4,6,11,15H,1,5H2. The van der Waals surface area contributed by atoms with Crippen LogP contribution in [0.3, 0.4) is 0 Å². The first kappa shape index (κ1) is 11.7. The Bertz CT molecular complexity index is 398. The normalized spacial score (nSPS) is 11.8. The molecule has 0 saturated heterocycles. The third kappa shape index (κ3) is 3.05. The van der Waals surface area contributed by atoms with Crippen LogP contribution in [0.1, 0.15) is 11.6 Å². The summed E-state index contributed by atoms with van der Waals surface area (Å²) >= 11 is 5.54. The number of rotatable bonds is 4. The highest BCUT2D eigenvalue weighted by atomic mass is 35.5. The van der Waals surface area contributed by atoms with Crippen molar-refractivity contribution in [3.8, 4) is 6.07 Å². The molecule has 78 valence electrons. The van der Waals surface area contributed by atoms with Gasteiger partial charge in [0.15, 0.2) is 0 Å². The van der Waals surface area contributed by atoms with Gasteiger partial charge < -0.3 is 0 Å². The van der Waals surface area contributed by atoms with Gasteiger partial charge in [0.25, 0.3) is 0 Å². The lowest BCUT2D eigenvalue weighted by Gasteiger charge is -2.10. The lowest BCUT2D eigenvalue weighted by atomic mass is 10.1. The number of nitrogens with one attached hydrogen (secondary N) is 1. The molecule has 1 aromatic carbocycles. The largest absolute Gasteiger partial charge is 0.295 e. The third-order valence-corrected chi connectivity index (χ3v) is 2.18. The molecule has 0 bridgehead atoms. The van der Waals surface area contributed by atoms with Crippen molar-refractivity contribution < 1.29 is 4.39 Å². The summed E-state index contributed by atoms with van der Waals surface area (Å²) in [5.74, 6) is -0.519. The molecule has 0 heterocycles. The molecule has 0 aromatic heterocycles. The van der Waals surface area contributed by atoms with Crippen molar-refractivity contribution >= 4 is 11.6 Å². The second-order valence-electron chi connectivity index (χ2n) is 2.93. The third-order valence-electron chi connectivity index (χ3n) is 1.87. The molecule has 4 heteroatoms. The molecule has 15 heavy (non-hydrogen) atoms. The maximum Gasteiger partial charge on any atom is 0.142 e. The van der Waals surface area contributed by atoms with Crippen LogP contribution in [0, 0.1) is 17.1 Å². The molecule has 0 radical (unpaired) electrons. The minimum absolute atomic E-state index is 0.0548. The zero-order chi connectivity index (χ0) is 11.3. The van der Waals surface area contributed by atoms with Gasteiger partial charge in [0.05, 0.1) is 11.1 Å². The first-order chi connectivity index (χ1) is 7.19. The van der Waals surface area contributed by atoms with E-state index in [0.29, 0.717) is 12.1 Å². The number of nitriles is 1. The van der Waals surface area contributed by atoms with Gasteiger partial charge in [0.1, 0.15) is 11.9 Å². The zero-order valence-corrected chi connectivity index (χ0v) is 8.76. The first-order valence-corrected chi connectivity index (χ1v) is 4.75. The van der Waals surface area contributed by atoms with Gasteiger partial charge in [0, 0.05) is 6.54 Å². The van der Waals surface area contributed by atoms with Crippen LogP contribution < -0.4 is 5.32 Å². The van der Waals surface area contributed by atoms with E-state index in [4.69, 9.17) is 16.9 Å². The molecule has 0 aliphatic heterocycles. The molecule has 1 aromatic rings. The van der Waals surface area contributed by atoms with E-state index in [2.05, 4.69) is 11.9 Å². The maximum absolute atomic E-state index is 13.1. The zero-order valence-electron chi connectivity index (χ0n) is 8.00. The highest BCUT2D eigenvalue weighted by Crippen LogP contribution is 2.19. The van der Waals surface area contributed by atoms with Crippen molar-refractivity contribution in [2.75, 3.05) is 6.54 Å². The van der Waals surface area contributed by atoms with E-state index >= 15 is 0 Å². The van der Waals surface area contributed by atoms with Gasteiger partial charge in [-0.1, -0.05) is 23.7 Å². The van der Waals surface area contributed by atoms with E-state index in [1.54, 1.807) is 12.1 Å². The Morgan fingerprint density at radius 1 is 1.67 bits per heavy atom. The van der Waals surface area contributed by atoms with Gasteiger partial charge >= 0.3 is 0 Å². The fourth-order valence-corrected chi connectivity index (χ4v) is 1.25. The van der Waals surface area contributed by atoms with Crippen LogP contribution in [0.2, 0.25) is 5.02 Å². The fourth-order valence-electron chi connectivity index (χ4n) is 1.13. The molecule has 2 nitrogen and oxygen atoms in total. The summed E-state index contributed by atoms with van der Waals surface area (Å²) in [7, 11) is 0. The van der Waals surface area contributed by atoms with Crippen molar-refractivity contribution in [1.29, 1.82) is 5.26 Å². The van der Waals surface area contributed by atoms with E-state index in [1.807, 2.05) is 6.07 Å². The molecule has 0 spiro atoms. The van der Waals surface area contributed by atoms with Gasteiger partial charge in [-0.05, 0) is 17.7 Å². The molecular weight excluding hydrogens is 215 g/mol.